The van der Waals surface area contributed by atoms with Gasteiger partial charge in [-0.05, 0) is 31.4 Å². The summed E-state index contributed by atoms with van der Waals surface area (Å²) >= 11 is 0. The lowest BCUT2D eigenvalue weighted by Crippen LogP contribution is -2.43. The van der Waals surface area contributed by atoms with Crippen LogP contribution >= 0.6 is 0 Å². The second-order valence-electron chi connectivity index (χ2n) is 6.22. The third-order valence-corrected chi connectivity index (χ3v) is 4.45. The molecule has 1 N–H and O–H groups in total. The highest BCUT2D eigenvalue weighted by molar-refractivity contribution is 5.81. The molecule has 4 heteroatoms. The number of rotatable bonds is 6. The number of amides is 1. The highest BCUT2D eigenvalue weighted by Gasteiger charge is 2.23. The van der Waals surface area contributed by atoms with E-state index in [2.05, 4.69) is 5.32 Å². The SMILES string of the molecule is CC[C@H](Oc1ccccc1OC)C(=O)NC1CCCCCCC1. The Morgan fingerprint density at radius 1 is 1.13 bits per heavy atom. The van der Waals surface area contributed by atoms with Crippen molar-refractivity contribution in [3.05, 3.63) is 24.3 Å². The summed E-state index contributed by atoms with van der Waals surface area (Å²) in [6, 6.07) is 7.75. The van der Waals surface area contributed by atoms with Gasteiger partial charge in [-0.2, -0.15) is 0 Å². The maximum atomic E-state index is 12.6. The molecule has 4 nitrogen and oxygen atoms in total. The summed E-state index contributed by atoms with van der Waals surface area (Å²) in [5.74, 6) is 1.27. The molecule has 0 saturated heterocycles. The van der Waals surface area contributed by atoms with Gasteiger partial charge in [-0.1, -0.05) is 51.2 Å². The number of ether oxygens (including phenoxy) is 2. The lowest BCUT2D eigenvalue weighted by molar-refractivity contribution is -0.129. The zero-order valence-corrected chi connectivity index (χ0v) is 14.3. The van der Waals surface area contributed by atoms with Crippen LogP contribution < -0.4 is 14.8 Å². The molecule has 1 saturated carbocycles. The van der Waals surface area contributed by atoms with E-state index in [1.54, 1.807) is 7.11 Å². The average Bonchev–Trinajstić information content (AvgIpc) is 2.55. The number of methoxy groups -OCH3 is 1. The first-order chi connectivity index (χ1) is 11.2. The fraction of sp³-hybridized carbons (Fsp3) is 0.632. The summed E-state index contributed by atoms with van der Waals surface area (Å²) in [7, 11) is 1.61. The second kappa shape index (κ2) is 9.43. The van der Waals surface area contributed by atoms with Gasteiger partial charge in [-0.25, -0.2) is 0 Å². The zero-order chi connectivity index (χ0) is 16.5. The third kappa shape index (κ3) is 5.45. The first kappa shape index (κ1) is 17.6. The van der Waals surface area contributed by atoms with Crippen LogP contribution in [0.4, 0.5) is 0 Å². The van der Waals surface area contributed by atoms with Gasteiger partial charge in [0.2, 0.25) is 0 Å². The highest BCUT2D eigenvalue weighted by atomic mass is 16.5. The molecule has 0 aromatic heterocycles. The first-order valence-corrected chi connectivity index (χ1v) is 8.84. The molecule has 1 aliphatic rings. The van der Waals surface area contributed by atoms with E-state index >= 15 is 0 Å². The molecule has 1 atom stereocenters. The van der Waals surface area contributed by atoms with Gasteiger partial charge >= 0.3 is 0 Å². The second-order valence-corrected chi connectivity index (χ2v) is 6.22. The van der Waals surface area contributed by atoms with Crippen LogP contribution in [0, 0.1) is 0 Å². The number of carbonyl (C=O) groups excluding carboxylic acids is 1. The fourth-order valence-corrected chi connectivity index (χ4v) is 3.09. The van der Waals surface area contributed by atoms with Crippen molar-refractivity contribution in [1.82, 2.24) is 5.32 Å². The summed E-state index contributed by atoms with van der Waals surface area (Å²) in [5, 5.41) is 3.19. The smallest absolute Gasteiger partial charge is 0.261 e. The van der Waals surface area contributed by atoms with Crippen LogP contribution in [0.25, 0.3) is 0 Å². The molecular weight excluding hydrogens is 290 g/mol. The van der Waals surface area contributed by atoms with Crippen molar-refractivity contribution in [3.63, 3.8) is 0 Å². The molecule has 1 amide bonds. The standard InChI is InChI=1S/C19H29NO3/c1-3-16(23-18-14-10-9-13-17(18)22-2)19(21)20-15-11-7-5-4-6-8-12-15/h9-10,13-16H,3-8,11-12H2,1-2H3,(H,20,21)/t16-/m0/s1. The maximum absolute atomic E-state index is 12.6. The summed E-state index contributed by atoms with van der Waals surface area (Å²) in [4.78, 5) is 12.6. The van der Waals surface area contributed by atoms with Gasteiger partial charge in [-0.3, -0.25) is 4.79 Å². The minimum absolute atomic E-state index is 0.0102. The zero-order valence-electron chi connectivity index (χ0n) is 14.3. The Kier molecular flexibility index (Phi) is 7.24. The maximum Gasteiger partial charge on any atom is 0.261 e. The largest absolute Gasteiger partial charge is 0.493 e. The number of nitrogens with one attached hydrogen (secondary N) is 1. The predicted octanol–water partition coefficient (Wildman–Crippen LogP) is 4.08. The van der Waals surface area contributed by atoms with Crippen molar-refractivity contribution in [3.8, 4) is 11.5 Å². The van der Waals surface area contributed by atoms with Crippen molar-refractivity contribution >= 4 is 5.91 Å². The van der Waals surface area contributed by atoms with Crippen LogP contribution in [0.1, 0.15) is 58.3 Å². The lowest BCUT2D eigenvalue weighted by atomic mass is 9.96. The molecule has 0 heterocycles. The van der Waals surface area contributed by atoms with Crippen molar-refractivity contribution in [2.45, 2.75) is 70.4 Å². The molecule has 128 valence electrons. The molecular formula is C19H29NO3. The molecule has 1 aliphatic carbocycles. The van der Waals surface area contributed by atoms with Gasteiger partial charge < -0.3 is 14.8 Å². The van der Waals surface area contributed by atoms with Crippen LogP contribution in [0.2, 0.25) is 0 Å². The van der Waals surface area contributed by atoms with Crippen LogP contribution in [-0.2, 0) is 4.79 Å². The number of benzene rings is 1. The number of carbonyl (C=O) groups is 1. The van der Waals surface area contributed by atoms with Gasteiger partial charge in [0, 0.05) is 6.04 Å². The van der Waals surface area contributed by atoms with Crippen LogP contribution in [0.5, 0.6) is 11.5 Å². The monoisotopic (exact) mass is 319 g/mol. The van der Waals surface area contributed by atoms with E-state index in [9.17, 15) is 4.79 Å². The first-order valence-electron chi connectivity index (χ1n) is 8.84. The van der Waals surface area contributed by atoms with E-state index < -0.39 is 6.10 Å². The van der Waals surface area contributed by atoms with Gasteiger partial charge in [-0.15, -0.1) is 0 Å². The third-order valence-electron chi connectivity index (χ3n) is 4.45. The molecule has 0 aliphatic heterocycles. The van der Waals surface area contributed by atoms with Gasteiger partial charge in [0.15, 0.2) is 17.6 Å². The molecule has 2 rings (SSSR count). The fourth-order valence-electron chi connectivity index (χ4n) is 3.09. The van der Waals surface area contributed by atoms with Crippen molar-refractivity contribution < 1.29 is 14.3 Å². The molecule has 1 aromatic rings. The van der Waals surface area contributed by atoms with Crippen molar-refractivity contribution in [2.75, 3.05) is 7.11 Å². The summed E-state index contributed by atoms with van der Waals surface area (Å²) in [5.41, 5.74) is 0. The van der Waals surface area contributed by atoms with Crippen LogP contribution in [-0.4, -0.2) is 25.2 Å². The van der Waals surface area contributed by atoms with E-state index in [1.165, 1.54) is 32.1 Å². The number of para-hydroxylation sites is 2. The Labute approximate surface area is 139 Å². The van der Waals surface area contributed by atoms with E-state index in [0.29, 0.717) is 17.9 Å². The van der Waals surface area contributed by atoms with Gasteiger partial charge in [0.05, 0.1) is 7.11 Å². The van der Waals surface area contributed by atoms with Crippen molar-refractivity contribution in [2.24, 2.45) is 0 Å². The molecule has 0 spiro atoms. The van der Waals surface area contributed by atoms with Crippen LogP contribution in [0.15, 0.2) is 24.3 Å². The summed E-state index contributed by atoms with van der Waals surface area (Å²) in [6.45, 7) is 1.97. The quantitative estimate of drug-likeness (QED) is 0.859. The number of hydrogen-bond acceptors (Lipinski definition) is 3. The molecule has 0 bridgehead atoms. The lowest BCUT2D eigenvalue weighted by Gasteiger charge is -2.24. The predicted molar refractivity (Wildman–Crippen MR) is 92.0 cm³/mol. The Hall–Kier alpha value is -1.71. The topological polar surface area (TPSA) is 47.6 Å². The Bertz CT molecular complexity index is 481. The Balaban J connectivity index is 1.94. The summed E-state index contributed by atoms with van der Waals surface area (Å²) < 4.78 is 11.2. The molecule has 1 fully saturated rings. The molecule has 23 heavy (non-hydrogen) atoms. The minimum Gasteiger partial charge on any atom is -0.493 e. The summed E-state index contributed by atoms with van der Waals surface area (Å²) in [6.07, 6.45) is 8.61. The molecule has 0 unspecified atom stereocenters. The van der Waals surface area contributed by atoms with E-state index in [1.807, 2.05) is 31.2 Å². The molecule has 1 aromatic carbocycles. The number of hydrogen-bond donors (Lipinski definition) is 1. The van der Waals surface area contributed by atoms with Gasteiger partial charge in [0.1, 0.15) is 0 Å². The van der Waals surface area contributed by atoms with E-state index in [0.717, 1.165) is 12.8 Å². The normalized spacial score (nSPS) is 17.7. The minimum atomic E-state index is -0.475. The van der Waals surface area contributed by atoms with Crippen LogP contribution in [0.3, 0.4) is 0 Å². The van der Waals surface area contributed by atoms with E-state index in [-0.39, 0.29) is 11.9 Å². The van der Waals surface area contributed by atoms with E-state index in [4.69, 9.17) is 9.47 Å². The Morgan fingerprint density at radius 3 is 2.35 bits per heavy atom. The molecule has 0 radical (unpaired) electrons. The Morgan fingerprint density at radius 2 is 1.74 bits per heavy atom. The highest BCUT2D eigenvalue weighted by Crippen LogP contribution is 2.27. The van der Waals surface area contributed by atoms with Crippen molar-refractivity contribution in [1.29, 1.82) is 0 Å². The van der Waals surface area contributed by atoms with Gasteiger partial charge in [0.25, 0.3) is 5.91 Å². The average molecular weight is 319 g/mol.